The van der Waals surface area contributed by atoms with Crippen LogP contribution in [0, 0.1) is 15.9 Å². The van der Waals surface area contributed by atoms with Crippen molar-refractivity contribution in [3.8, 4) is 0 Å². The maximum atomic E-state index is 13.1. The van der Waals surface area contributed by atoms with E-state index >= 15 is 0 Å². The summed E-state index contributed by atoms with van der Waals surface area (Å²) in [7, 11) is 0. The highest BCUT2D eigenvalue weighted by atomic mass is 79.9. The summed E-state index contributed by atoms with van der Waals surface area (Å²) in [5.74, 6) is -1.89. The van der Waals surface area contributed by atoms with Crippen LogP contribution in [-0.4, -0.2) is 4.92 Å². The van der Waals surface area contributed by atoms with Crippen LogP contribution in [0.1, 0.15) is 5.56 Å². The maximum absolute atomic E-state index is 13.1. The van der Waals surface area contributed by atoms with E-state index in [4.69, 9.17) is 0 Å². The topological polar surface area (TPSA) is 43.1 Å². The highest BCUT2D eigenvalue weighted by Gasteiger charge is 2.38. The Balaban J connectivity index is 3.49. The van der Waals surface area contributed by atoms with Gasteiger partial charge in [0.25, 0.3) is 0 Å². The molecule has 15 heavy (non-hydrogen) atoms. The molecule has 1 rings (SSSR count). The van der Waals surface area contributed by atoms with Crippen molar-refractivity contribution in [3.05, 3.63) is 38.1 Å². The van der Waals surface area contributed by atoms with E-state index in [0.29, 0.717) is 6.07 Å². The molecule has 0 aliphatic carbocycles. The molecule has 0 saturated heterocycles. The quantitative estimate of drug-likeness (QED) is 0.451. The molecule has 0 bridgehead atoms. The lowest BCUT2D eigenvalue weighted by molar-refractivity contribution is -0.388. The average Bonchev–Trinajstić information content (AvgIpc) is 2.00. The molecule has 1 aromatic carbocycles. The van der Waals surface area contributed by atoms with Crippen LogP contribution < -0.4 is 0 Å². The Kier molecular flexibility index (Phi) is 2.98. The summed E-state index contributed by atoms with van der Waals surface area (Å²) in [4.78, 5) is 9.08. The number of nitro groups is 1. The van der Waals surface area contributed by atoms with E-state index in [1.807, 2.05) is 0 Å². The molecule has 0 unspecified atom stereocenters. The third-order valence-corrected chi connectivity index (χ3v) is 2.19. The van der Waals surface area contributed by atoms with Crippen molar-refractivity contribution in [1.82, 2.24) is 0 Å². The summed E-state index contributed by atoms with van der Waals surface area (Å²) in [6.07, 6.45) is -4.95. The van der Waals surface area contributed by atoms with Crippen LogP contribution in [0.2, 0.25) is 0 Å². The highest BCUT2D eigenvalue weighted by molar-refractivity contribution is 9.10. The Hall–Kier alpha value is -1.18. The van der Waals surface area contributed by atoms with Crippen LogP contribution in [0.4, 0.5) is 23.2 Å². The van der Waals surface area contributed by atoms with Crippen LogP contribution in [0.25, 0.3) is 0 Å². The molecule has 0 amide bonds. The summed E-state index contributed by atoms with van der Waals surface area (Å²) in [5, 5.41) is 10.3. The van der Waals surface area contributed by atoms with Crippen LogP contribution >= 0.6 is 15.9 Å². The van der Waals surface area contributed by atoms with Gasteiger partial charge in [-0.15, -0.1) is 0 Å². The molecule has 0 N–H and O–H groups in total. The lowest BCUT2D eigenvalue weighted by Crippen LogP contribution is -2.10. The van der Waals surface area contributed by atoms with Crippen molar-refractivity contribution >= 4 is 21.6 Å². The minimum Gasteiger partial charge on any atom is -0.258 e. The van der Waals surface area contributed by atoms with Gasteiger partial charge in [-0.2, -0.15) is 17.6 Å². The normalized spacial score (nSPS) is 11.5. The molecule has 0 heterocycles. The van der Waals surface area contributed by atoms with Crippen molar-refractivity contribution in [2.45, 2.75) is 6.18 Å². The minimum atomic E-state index is -4.95. The number of hydrogen-bond donors (Lipinski definition) is 0. The van der Waals surface area contributed by atoms with Gasteiger partial charge >= 0.3 is 11.9 Å². The first-order chi connectivity index (χ1) is 6.75. The van der Waals surface area contributed by atoms with E-state index in [9.17, 15) is 27.7 Å². The van der Waals surface area contributed by atoms with Crippen molar-refractivity contribution in [2.24, 2.45) is 0 Å². The molecule has 0 fully saturated rings. The molecular formula is C7H2BrF4NO2. The number of hydrogen-bond acceptors (Lipinski definition) is 2. The van der Waals surface area contributed by atoms with E-state index < -0.39 is 28.2 Å². The van der Waals surface area contributed by atoms with Crippen molar-refractivity contribution in [3.63, 3.8) is 0 Å². The largest absolute Gasteiger partial charge is 0.419 e. The maximum Gasteiger partial charge on any atom is 0.419 e. The first-order valence-electron chi connectivity index (χ1n) is 3.44. The molecule has 0 aromatic heterocycles. The number of nitro benzene ring substituents is 1. The lowest BCUT2D eigenvalue weighted by atomic mass is 10.2. The Morgan fingerprint density at radius 3 is 2.27 bits per heavy atom. The van der Waals surface area contributed by atoms with E-state index in [1.54, 1.807) is 0 Å². The Morgan fingerprint density at radius 2 is 1.87 bits per heavy atom. The Bertz CT molecular complexity index is 418. The molecule has 0 radical (unpaired) electrons. The fraction of sp³-hybridized carbons (Fsp3) is 0.143. The first kappa shape index (κ1) is 11.9. The van der Waals surface area contributed by atoms with Gasteiger partial charge in [-0.05, 0) is 28.1 Å². The van der Waals surface area contributed by atoms with E-state index in [2.05, 4.69) is 15.9 Å². The van der Waals surface area contributed by atoms with Crippen LogP contribution in [0.5, 0.6) is 0 Å². The fourth-order valence-electron chi connectivity index (χ4n) is 0.927. The first-order valence-corrected chi connectivity index (χ1v) is 4.24. The number of nitrogens with zero attached hydrogens (tertiary/aromatic N) is 1. The second-order valence-corrected chi connectivity index (χ2v) is 3.37. The molecule has 0 aliphatic heterocycles. The van der Waals surface area contributed by atoms with Crippen molar-refractivity contribution in [1.29, 1.82) is 0 Å². The summed E-state index contributed by atoms with van der Waals surface area (Å²) >= 11 is 2.60. The van der Waals surface area contributed by atoms with Crippen LogP contribution in [0.3, 0.4) is 0 Å². The highest BCUT2D eigenvalue weighted by Crippen LogP contribution is 2.38. The van der Waals surface area contributed by atoms with Gasteiger partial charge in [-0.25, -0.2) is 0 Å². The predicted molar refractivity (Wildman–Crippen MR) is 45.8 cm³/mol. The smallest absolute Gasteiger partial charge is 0.258 e. The predicted octanol–water partition coefficient (Wildman–Crippen LogP) is 3.52. The van der Waals surface area contributed by atoms with Gasteiger partial charge in [0.2, 0.25) is 5.82 Å². The molecule has 82 valence electrons. The minimum absolute atomic E-state index is 0.335. The SMILES string of the molecule is O=[N+]([O-])c1c(Br)ccc(C(F)(F)F)c1F. The van der Waals surface area contributed by atoms with E-state index in [1.165, 1.54) is 0 Å². The number of benzene rings is 1. The van der Waals surface area contributed by atoms with Gasteiger partial charge in [-0.1, -0.05) is 0 Å². The second-order valence-electron chi connectivity index (χ2n) is 2.51. The molecule has 3 nitrogen and oxygen atoms in total. The molecular weight excluding hydrogens is 286 g/mol. The Morgan fingerprint density at radius 1 is 1.33 bits per heavy atom. The zero-order chi connectivity index (χ0) is 11.8. The van der Waals surface area contributed by atoms with Crippen LogP contribution in [-0.2, 0) is 6.18 Å². The summed E-state index contributed by atoms with van der Waals surface area (Å²) in [6.45, 7) is 0. The monoisotopic (exact) mass is 287 g/mol. The third-order valence-electron chi connectivity index (χ3n) is 1.55. The molecule has 1 aromatic rings. The van der Waals surface area contributed by atoms with Gasteiger partial charge in [0.05, 0.1) is 15.0 Å². The van der Waals surface area contributed by atoms with Gasteiger partial charge in [0.1, 0.15) is 0 Å². The second kappa shape index (κ2) is 3.76. The molecule has 0 aliphatic rings. The van der Waals surface area contributed by atoms with Crippen molar-refractivity contribution in [2.75, 3.05) is 0 Å². The number of alkyl halides is 3. The standard InChI is InChI=1S/C7H2BrF4NO2/c8-4-2-1-3(7(10,11)12)5(9)6(4)13(14)15/h1-2H. The van der Waals surface area contributed by atoms with Crippen LogP contribution in [0.15, 0.2) is 16.6 Å². The zero-order valence-electron chi connectivity index (χ0n) is 6.81. The average molecular weight is 288 g/mol. The Labute approximate surface area is 89.0 Å². The van der Waals surface area contributed by atoms with Gasteiger partial charge in [0, 0.05) is 0 Å². The fourth-order valence-corrected chi connectivity index (χ4v) is 1.38. The molecule has 0 spiro atoms. The van der Waals surface area contributed by atoms with Gasteiger partial charge in [-0.3, -0.25) is 10.1 Å². The summed E-state index contributed by atoms with van der Waals surface area (Å²) in [5.41, 5.74) is -2.87. The van der Waals surface area contributed by atoms with E-state index in [0.717, 1.165) is 6.07 Å². The summed E-state index contributed by atoms with van der Waals surface area (Å²) in [6, 6.07) is 1.22. The molecule has 8 heteroatoms. The number of halogens is 5. The zero-order valence-corrected chi connectivity index (χ0v) is 8.39. The number of rotatable bonds is 1. The van der Waals surface area contributed by atoms with Crippen molar-refractivity contribution < 1.29 is 22.5 Å². The van der Waals surface area contributed by atoms with E-state index in [-0.39, 0.29) is 4.47 Å². The lowest BCUT2D eigenvalue weighted by Gasteiger charge is -2.08. The van der Waals surface area contributed by atoms with Gasteiger partial charge in [0.15, 0.2) is 0 Å². The van der Waals surface area contributed by atoms with Gasteiger partial charge < -0.3 is 0 Å². The summed E-state index contributed by atoms with van der Waals surface area (Å²) < 4.78 is 49.2. The third kappa shape index (κ3) is 2.25. The molecule has 0 saturated carbocycles. The molecule has 0 atom stereocenters.